The van der Waals surface area contributed by atoms with Gasteiger partial charge in [0, 0.05) is 0 Å². The second-order valence-electron chi connectivity index (χ2n) is 6.87. The number of hydrogen-bond donors (Lipinski definition) is 0. The summed E-state index contributed by atoms with van der Waals surface area (Å²) in [5, 5.41) is 0. The Balaban J connectivity index is 4.71. The number of nitrogens with zero attached hydrogens (tertiary/aromatic N) is 1. The highest BCUT2D eigenvalue weighted by atomic mass is 28.3. The quantitative estimate of drug-likeness (QED) is 0.480. The predicted molar refractivity (Wildman–Crippen MR) is 96.1 cm³/mol. The van der Waals surface area contributed by atoms with E-state index in [-0.39, 0.29) is 0 Å². The molecule has 0 bridgehead atoms. The molecule has 0 atom stereocenters. The van der Waals surface area contributed by atoms with Gasteiger partial charge in [-0.1, -0.05) is 53.8 Å². The molecule has 0 aliphatic rings. The van der Waals surface area contributed by atoms with Crippen LogP contribution in [0.4, 0.5) is 0 Å². The smallest absolute Gasteiger partial charge is 0.127 e. The van der Waals surface area contributed by atoms with Crippen molar-refractivity contribution in [1.82, 2.24) is 4.57 Å². The molecule has 0 rings (SSSR count). The minimum Gasteiger partial charge on any atom is -0.321 e. The summed E-state index contributed by atoms with van der Waals surface area (Å²) in [6, 6.07) is 6.31. The Morgan fingerprint density at radius 1 is 1.05 bits per heavy atom. The first-order valence-electron chi connectivity index (χ1n) is 8.19. The summed E-state index contributed by atoms with van der Waals surface area (Å²) < 4.78 is 2.90. The van der Waals surface area contributed by atoms with E-state index in [2.05, 4.69) is 64.6 Å². The van der Waals surface area contributed by atoms with Crippen molar-refractivity contribution < 1.29 is 0 Å². The molecule has 0 amide bonds. The summed E-state index contributed by atoms with van der Waals surface area (Å²) in [6.07, 6.45) is 1.36. The maximum atomic E-state index is 4.02. The Labute approximate surface area is 124 Å². The van der Waals surface area contributed by atoms with Crippen LogP contribution in [0.25, 0.3) is 0 Å². The second kappa shape index (κ2) is 8.43. The van der Waals surface area contributed by atoms with Gasteiger partial charge < -0.3 is 4.57 Å². The summed E-state index contributed by atoms with van der Waals surface area (Å²) in [7, 11) is -2.31. The van der Waals surface area contributed by atoms with E-state index in [1.54, 1.807) is 0 Å². The van der Waals surface area contributed by atoms with E-state index in [9.17, 15) is 0 Å². The molecule has 0 N–H and O–H groups in total. The first-order valence-corrected chi connectivity index (χ1v) is 14.0. The number of rotatable bonds is 10. The highest BCUT2D eigenvalue weighted by Crippen LogP contribution is 2.28. The lowest BCUT2D eigenvalue weighted by Gasteiger charge is -2.44. The molecule has 0 aromatic heterocycles. The van der Waals surface area contributed by atoms with Crippen LogP contribution in [-0.4, -0.2) is 33.5 Å². The highest BCUT2D eigenvalue weighted by Gasteiger charge is 2.35. The van der Waals surface area contributed by atoms with Gasteiger partial charge in [-0.3, -0.25) is 0 Å². The van der Waals surface area contributed by atoms with E-state index < -0.39 is 16.3 Å². The minimum absolute atomic E-state index is 0.708. The fourth-order valence-electron chi connectivity index (χ4n) is 3.21. The SMILES string of the molecule is C=C[Si](C)(C)CCCN(C(C)C)[Si](CC)(CC)CC. The Bertz CT molecular complexity index is 249. The molecule has 3 heteroatoms. The third-order valence-electron chi connectivity index (χ3n) is 4.98. The lowest BCUT2D eigenvalue weighted by Crippen LogP contribution is -2.55. The van der Waals surface area contributed by atoms with Crippen LogP contribution < -0.4 is 0 Å². The van der Waals surface area contributed by atoms with Crippen LogP contribution in [0.3, 0.4) is 0 Å². The molecule has 0 heterocycles. The summed E-state index contributed by atoms with van der Waals surface area (Å²) in [6.45, 7) is 22.2. The zero-order valence-corrected chi connectivity index (χ0v) is 16.6. The van der Waals surface area contributed by atoms with E-state index in [1.165, 1.54) is 37.1 Å². The number of hydrogen-bond acceptors (Lipinski definition) is 1. The molecular weight excluding hydrogens is 262 g/mol. The van der Waals surface area contributed by atoms with Crippen LogP contribution in [0.15, 0.2) is 12.3 Å². The third-order valence-corrected chi connectivity index (χ3v) is 13.6. The van der Waals surface area contributed by atoms with E-state index in [1.807, 2.05) is 0 Å². The molecule has 19 heavy (non-hydrogen) atoms. The van der Waals surface area contributed by atoms with E-state index in [0.29, 0.717) is 6.04 Å². The largest absolute Gasteiger partial charge is 0.321 e. The third kappa shape index (κ3) is 5.56. The zero-order chi connectivity index (χ0) is 15.1. The average molecular weight is 300 g/mol. The normalized spacial score (nSPS) is 13.3. The molecule has 0 aromatic rings. The maximum absolute atomic E-state index is 4.02. The Morgan fingerprint density at radius 3 is 1.84 bits per heavy atom. The predicted octanol–water partition coefficient (Wildman–Crippen LogP) is 5.53. The van der Waals surface area contributed by atoms with Gasteiger partial charge in [-0.2, -0.15) is 0 Å². The molecule has 1 nitrogen and oxygen atoms in total. The molecule has 0 aliphatic carbocycles. The Morgan fingerprint density at radius 2 is 1.53 bits per heavy atom. The van der Waals surface area contributed by atoms with Crippen molar-refractivity contribution in [2.75, 3.05) is 6.54 Å². The topological polar surface area (TPSA) is 3.24 Å². The second-order valence-corrected chi connectivity index (χ2v) is 16.9. The lowest BCUT2D eigenvalue weighted by molar-refractivity contribution is 0.344. The maximum Gasteiger partial charge on any atom is 0.127 e. The molecular formula is C16H37NSi2. The van der Waals surface area contributed by atoms with Crippen molar-refractivity contribution in [2.45, 2.75) is 84.4 Å². The Hall–Kier alpha value is 0.134. The van der Waals surface area contributed by atoms with Crippen molar-refractivity contribution in [3.63, 3.8) is 0 Å². The van der Waals surface area contributed by atoms with Crippen LogP contribution >= 0.6 is 0 Å². The van der Waals surface area contributed by atoms with Crippen molar-refractivity contribution in [1.29, 1.82) is 0 Å². The fraction of sp³-hybridized carbons (Fsp3) is 0.875. The Kier molecular flexibility index (Phi) is 8.49. The molecule has 0 radical (unpaired) electrons. The first-order chi connectivity index (χ1) is 8.78. The monoisotopic (exact) mass is 299 g/mol. The van der Waals surface area contributed by atoms with Crippen LogP contribution in [0.5, 0.6) is 0 Å². The molecule has 0 saturated heterocycles. The fourth-order valence-corrected chi connectivity index (χ4v) is 8.93. The van der Waals surface area contributed by atoms with Gasteiger partial charge in [0.1, 0.15) is 8.24 Å². The van der Waals surface area contributed by atoms with Crippen LogP contribution in [0, 0.1) is 0 Å². The van der Waals surface area contributed by atoms with E-state index >= 15 is 0 Å². The highest BCUT2D eigenvalue weighted by molar-refractivity contribution is 6.82. The van der Waals surface area contributed by atoms with Crippen molar-refractivity contribution in [2.24, 2.45) is 0 Å². The minimum atomic E-state index is -1.19. The molecule has 0 spiro atoms. The van der Waals surface area contributed by atoms with Crippen molar-refractivity contribution in [3.05, 3.63) is 12.3 Å². The molecule has 0 aliphatic heterocycles. The van der Waals surface area contributed by atoms with Gasteiger partial charge in [0.05, 0.1) is 8.07 Å². The van der Waals surface area contributed by atoms with Crippen LogP contribution in [0.1, 0.15) is 41.0 Å². The van der Waals surface area contributed by atoms with Gasteiger partial charge in [-0.05, 0) is 37.1 Å². The van der Waals surface area contributed by atoms with Gasteiger partial charge in [0.15, 0.2) is 0 Å². The summed E-state index contributed by atoms with van der Waals surface area (Å²) in [5.74, 6) is 0. The van der Waals surface area contributed by atoms with E-state index in [4.69, 9.17) is 0 Å². The van der Waals surface area contributed by atoms with E-state index in [0.717, 1.165) is 0 Å². The molecule has 114 valence electrons. The summed E-state index contributed by atoms with van der Waals surface area (Å²) in [4.78, 5) is 0. The zero-order valence-electron chi connectivity index (χ0n) is 14.6. The lowest BCUT2D eigenvalue weighted by atomic mass is 10.3. The first kappa shape index (κ1) is 19.1. The van der Waals surface area contributed by atoms with Gasteiger partial charge in [-0.15, -0.1) is 12.3 Å². The van der Waals surface area contributed by atoms with Crippen LogP contribution in [0.2, 0.25) is 37.3 Å². The van der Waals surface area contributed by atoms with Crippen molar-refractivity contribution in [3.8, 4) is 0 Å². The molecule has 0 saturated carbocycles. The summed E-state index contributed by atoms with van der Waals surface area (Å²) in [5.41, 5.74) is 2.25. The standard InChI is InChI=1S/C16H37NSi2/c1-9-18(7,8)15-13-14-17(16(5)6)19(10-2,11-3)12-4/h9,16H,1,10-15H2,2-8H3. The molecule has 0 fully saturated rings. The summed E-state index contributed by atoms with van der Waals surface area (Å²) >= 11 is 0. The average Bonchev–Trinajstić information content (AvgIpc) is 2.38. The van der Waals surface area contributed by atoms with Gasteiger partial charge in [-0.25, -0.2) is 0 Å². The van der Waals surface area contributed by atoms with Crippen LogP contribution in [-0.2, 0) is 0 Å². The molecule has 0 unspecified atom stereocenters. The van der Waals surface area contributed by atoms with Crippen molar-refractivity contribution >= 4 is 16.3 Å². The van der Waals surface area contributed by atoms with Gasteiger partial charge in [0.2, 0.25) is 0 Å². The van der Waals surface area contributed by atoms with Gasteiger partial charge in [0.25, 0.3) is 0 Å². The van der Waals surface area contributed by atoms with Gasteiger partial charge >= 0.3 is 0 Å². The molecule has 0 aromatic carbocycles.